The molecule has 3 rings (SSSR count). The van der Waals surface area contributed by atoms with Crippen LogP contribution >= 0.6 is 0 Å². The number of carbonyl (C=O) groups excluding carboxylic acids is 1. The molecule has 0 radical (unpaired) electrons. The second kappa shape index (κ2) is 9.43. The molecule has 2 N–H and O–H groups in total. The third-order valence-electron chi connectivity index (χ3n) is 5.39. The number of nitrogens with one attached hydrogen (secondary N) is 2. The molecule has 0 saturated carbocycles. The molecule has 1 aliphatic heterocycles. The van der Waals surface area contributed by atoms with Gasteiger partial charge in [0, 0.05) is 31.9 Å². The van der Waals surface area contributed by atoms with E-state index < -0.39 is 10.0 Å². The highest BCUT2D eigenvalue weighted by Gasteiger charge is 2.36. The molecule has 1 aromatic heterocycles. The number of hydrogen-bond acceptors (Lipinski definition) is 7. The standard InChI is InChI=1S/C22H32N6O3S/c1-15(2)28-16(3)22(29)27(6)19-10-11-20(25-21(19)28)24-17-8-7-9-18(14-17)32(30,31)23-12-13-26(4)5/h7-11,14-16,23H,12-13H2,1-6H3,(H,24,25)/t16-/m1/s1. The predicted molar refractivity (Wildman–Crippen MR) is 128 cm³/mol. The smallest absolute Gasteiger partial charge is 0.249 e. The van der Waals surface area contributed by atoms with E-state index in [0.29, 0.717) is 30.4 Å². The van der Waals surface area contributed by atoms with Gasteiger partial charge in [0.25, 0.3) is 0 Å². The van der Waals surface area contributed by atoms with Gasteiger partial charge in [0.05, 0.1) is 10.6 Å². The van der Waals surface area contributed by atoms with Crippen LogP contribution in [0.1, 0.15) is 20.8 Å². The highest BCUT2D eigenvalue weighted by atomic mass is 32.2. The zero-order chi connectivity index (χ0) is 23.6. The van der Waals surface area contributed by atoms with Gasteiger partial charge in [0.2, 0.25) is 15.9 Å². The normalized spacial score (nSPS) is 16.6. The van der Waals surface area contributed by atoms with E-state index in [4.69, 9.17) is 4.98 Å². The summed E-state index contributed by atoms with van der Waals surface area (Å²) in [6.45, 7) is 6.87. The SMILES string of the molecule is CC(C)N1c2nc(Nc3cccc(S(=O)(=O)NCCN(C)C)c3)ccc2N(C)C(=O)[C@H]1C. The van der Waals surface area contributed by atoms with E-state index in [1.807, 2.05) is 50.7 Å². The summed E-state index contributed by atoms with van der Waals surface area (Å²) in [5.74, 6) is 1.31. The van der Waals surface area contributed by atoms with E-state index in [2.05, 4.69) is 10.0 Å². The van der Waals surface area contributed by atoms with Crippen LogP contribution in [0.4, 0.5) is 23.0 Å². The lowest BCUT2D eigenvalue weighted by molar-refractivity contribution is -0.119. The number of nitrogens with zero attached hydrogens (tertiary/aromatic N) is 4. The zero-order valence-corrected chi connectivity index (χ0v) is 20.3. The van der Waals surface area contributed by atoms with Crippen molar-refractivity contribution in [1.82, 2.24) is 14.6 Å². The van der Waals surface area contributed by atoms with Gasteiger partial charge in [-0.05, 0) is 65.2 Å². The molecule has 0 unspecified atom stereocenters. The second-order valence-electron chi connectivity index (χ2n) is 8.47. The van der Waals surface area contributed by atoms with Crippen molar-refractivity contribution in [2.45, 2.75) is 37.8 Å². The summed E-state index contributed by atoms with van der Waals surface area (Å²) in [5, 5.41) is 3.20. The number of rotatable bonds is 8. The van der Waals surface area contributed by atoms with Gasteiger partial charge in [0.15, 0.2) is 5.82 Å². The first-order valence-electron chi connectivity index (χ1n) is 10.6. The highest BCUT2D eigenvalue weighted by molar-refractivity contribution is 7.89. The number of sulfonamides is 1. The summed E-state index contributed by atoms with van der Waals surface area (Å²) in [4.78, 5) is 23.1. The number of likely N-dealkylation sites (N-methyl/N-ethyl adjacent to an activating group) is 2. The van der Waals surface area contributed by atoms with E-state index in [-0.39, 0.29) is 22.9 Å². The van der Waals surface area contributed by atoms with Crippen LogP contribution in [0.15, 0.2) is 41.3 Å². The number of aromatic nitrogens is 1. The van der Waals surface area contributed by atoms with Crippen LogP contribution in [0.2, 0.25) is 0 Å². The Bertz CT molecular complexity index is 1090. The lowest BCUT2D eigenvalue weighted by Crippen LogP contribution is -2.53. The first-order chi connectivity index (χ1) is 15.0. The van der Waals surface area contributed by atoms with Crippen LogP contribution in [-0.4, -0.2) is 70.5 Å². The van der Waals surface area contributed by atoms with E-state index in [1.54, 1.807) is 42.3 Å². The summed E-state index contributed by atoms with van der Waals surface area (Å²) in [6, 6.07) is 10.0. The van der Waals surface area contributed by atoms with Crippen LogP contribution in [0, 0.1) is 0 Å². The Morgan fingerprint density at radius 3 is 2.56 bits per heavy atom. The number of fused-ring (bicyclic) bond motifs is 1. The summed E-state index contributed by atoms with van der Waals surface area (Å²) in [7, 11) is 1.91. The number of benzene rings is 1. The minimum atomic E-state index is -3.62. The van der Waals surface area contributed by atoms with Crippen molar-refractivity contribution in [3.05, 3.63) is 36.4 Å². The van der Waals surface area contributed by atoms with Gasteiger partial charge in [-0.3, -0.25) is 4.79 Å². The second-order valence-corrected chi connectivity index (χ2v) is 10.2. The molecule has 1 amide bonds. The molecule has 9 nitrogen and oxygen atoms in total. The fourth-order valence-electron chi connectivity index (χ4n) is 3.73. The van der Waals surface area contributed by atoms with Crippen LogP contribution in [0.25, 0.3) is 0 Å². The monoisotopic (exact) mass is 460 g/mol. The Hall–Kier alpha value is -2.69. The van der Waals surface area contributed by atoms with Gasteiger partial charge in [-0.1, -0.05) is 6.07 Å². The number of hydrogen-bond donors (Lipinski definition) is 2. The van der Waals surface area contributed by atoms with Gasteiger partial charge in [-0.25, -0.2) is 18.1 Å². The molecule has 1 atom stereocenters. The molecule has 10 heteroatoms. The Morgan fingerprint density at radius 1 is 1.19 bits per heavy atom. The van der Waals surface area contributed by atoms with Crippen molar-refractivity contribution >= 4 is 38.9 Å². The topological polar surface area (TPSA) is 97.9 Å². The maximum Gasteiger partial charge on any atom is 0.249 e. The quantitative estimate of drug-likeness (QED) is 0.623. The molecule has 0 bridgehead atoms. The van der Waals surface area contributed by atoms with Crippen molar-refractivity contribution in [3.8, 4) is 0 Å². The zero-order valence-electron chi connectivity index (χ0n) is 19.5. The van der Waals surface area contributed by atoms with Crippen molar-refractivity contribution in [3.63, 3.8) is 0 Å². The van der Waals surface area contributed by atoms with Gasteiger partial charge in [-0.2, -0.15) is 0 Å². The predicted octanol–water partition coefficient (Wildman–Crippen LogP) is 2.24. The molecule has 2 heterocycles. The Labute approximate surface area is 190 Å². The van der Waals surface area contributed by atoms with E-state index in [9.17, 15) is 13.2 Å². The summed E-state index contributed by atoms with van der Waals surface area (Å²) in [5.41, 5.74) is 1.35. The van der Waals surface area contributed by atoms with E-state index in [0.717, 1.165) is 5.69 Å². The third-order valence-corrected chi connectivity index (χ3v) is 6.85. The Balaban J connectivity index is 1.86. The molecular weight excluding hydrogens is 428 g/mol. The maximum atomic E-state index is 12.6. The molecule has 2 aromatic rings. The number of pyridine rings is 1. The fourth-order valence-corrected chi connectivity index (χ4v) is 4.80. The first kappa shape index (κ1) is 24.0. The average Bonchev–Trinajstić information content (AvgIpc) is 2.72. The third kappa shape index (κ3) is 5.03. The van der Waals surface area contributed by atoms with Crippen LogP contribution in [-0.2, 0) is 14.8 Å². The highest BCUT2D eigenvalue weighted by Crippen LogP contribution is 2.36. The fraction of sp³-hybridized carbons (Fsp3) is 0.455. The Morgan fingerprint density at radius 2 is 1.91 bits per heavy atom. The maximum absolute atomic E-state index is 12.6. The largest absolute Gasteiger partial charge is 0.341 e. The molecule has 174 valence electrons. The van der Waals surface area contributed by atoms with Crippen LogP contribution in [0.3, 0.4) is 0 Å². The van der Waals surface area contributed by atoms with Gasteiger partial charge in [-0.15, -0.1) is 0 Å². The van der Waals surface area contributed by atoms with Crippen molar-refractivity contribution in [1.29, 1.82) is 0 Å². The van der Waals surface area contributed by atoms with Gasteiger partial charge < -0.3 is 20.0 Å². The Kier molecular flexibility index (Phi) is 7.06. The molecule has 0 aliphatic carbocycles. The van der Waals surface area contributed by atoms with E-state index in [1.165, 1.54) is 0 Å². The lowest BCUT2D eigenvalue weighted by atomic mass is 10.1. The molecule has 0 spiro atoms. The number of anilines is 4. The molecular formula is C22H32N6O3S. The van der Waals surface area contributed by atoms with Gasteiger partial charge >= 0.3 is 0 Å². The van der Waals surface area contributed by atoms with Crippen molar-refractivity contribution in [2.24, 2.45) is 0 Å². The summed E-state index contributed by atoms with van der Waals surface area (Å²) >= 11 is 0. The summed E-state index contributed by atoms with van der Waals surface area (Å²) < 4.78 is 27.8. The van der Waals surface area contributed by atoms with Crippen LogP contribution in [0.5, 0.6) is 0 Å². The average molecular weight is 461 g/mol. The van der Waals surface area contributed by atoms with Crippen LogP contribution < -0.4 is 19.8 Å². The minimum Gasteiger partial charge on any atom is -0.341 e. The van der Waals surface area contributed by atoms with Crippen molar-refractivity contribution < 1.29 is 13.2 Å². The molecule has 1 aliphatic rings. The molecule has 0 saturated heterocycles. The van der Waals surface area contributed by atoms with E-state index >= 15 is 0 Å². The number of amides is 1. The minimum absolute atomic E-state index is 0.0217. The molecule has 32 heavy (non-hydrogen) atoms. The number of carbonyl (C=O) groups is 1. The first-order valence-corrected chi connectivity index (χ1v) is 12.1. The van der Waals surface area contributed by atoms with Gasteiger partial charge in [0.1, 0.15) is 11.9 Å². The summed E-state index contributed by atoms with van der Waals surface area (Å²) in [6.07, 6.45) is 0. The van der Waals surface area contributed by atoms with Crippen molar-refractivity contribution in [2.75, 3.05) is 49.3 Å². The lowest BCUT2D eigenvalue weighted by Gasteiger charge is -2.41. The molecule has 0 fully saturated rings. The molecule has 1 aromatic carbocycles.